The Balaban J connectivity index is 1.42. The summed E-state index contributed by atoms with van der Waals surface area (Å²) in [5, 5.41) is 8.35. The Morgan fingerprint density at radius 1 is 1.08 bits per heavy atom. The van der Waals surface area contributed by atoms with Gasteiger partial charge in [0.1, 0.15) is 30.5 Å². The number of aryl methyl sites for hydroxylation is 1. The largest absolute Gasteiger partial charge is 0.490 e. The number of benzene rings is 2. The number of hydrogen-bond donors (Lipinski definition) is 1. The predicted octanol–water partition coefficient (Wildman–Crippen LogP) is 4.10. The lowest BCUT2D eigenvalue weighted by Gasteiger charge is -2.24. The number of aliphatic imine (C=N–C) groups is 1. The van der Waals surface area contributed by atoms with Gasteiger partial charge in [-0.2, -0.15) is 9.39 Å². The summed E-state index contributed by atoms with van der Waals surface area (Å²) >= 11 is 0.784. The highest BCUT2D eigenvalue weighted by Gasteiger charge is 2.42. The fourth-order valence-electron chi connectivity index (χ4n) is 3.57. The average Bonchev–Trinajstić information content (AvgIpc) is 3.25. The van der Waals surface area contributed by atoms with E-state index in [0.29, 0.717) is 24.5 Å². The van der Waals surface area contributed by atoms with Crippen LogP contribution in [0.4, 0.5) is 0 Å². The minimum Gasteiger partial charge on any atom is -0.490 e. The SMILES string of the molecule is Cc1ccccc1OCCOc1ccc(/C=C2/C(=N)N3C(=NC2=O)SN=C3S(=O)(=O)CC(C)C)cc1. The van der Waals surface area contributed by atoms with E-state index in [0.717, 1.165) is 28.2 Å². The first-order chi connectivity index (χ1) is 17.2. The Kier molecular flexibility index (Phi) is 7.60. The van der Waals surface area contributed by atoms with Crippen molar-refractivity contribution in [3.63, 3.8) is 0 Å². The molecule has 0 aromatic heterocycles. The monoisotopic (exact) mass is 526 g/mol. The Morgan fingerprint density at radius 3 is 2.47 bits per heavy atom. The summed E-state index contributed by atoms with van der Waals surface area (Å²) in [6.07, 6.45) is 1.51. The molecule has 0 fully saturated rings. The molecule has 0 radical (unpaired) electrons. The van der Waals surface area contributed by atoms with Gasteiger partial charge in [0.05, 0.1) is 23.3 Å². The van der Waals surface area contributed by atoms with Crippen molar-refractivity contribution in [2.75, 3.05) is 19.0 Å². The van der Waals surface area contributed by atoms with Crippen LogP contribution in [0.1, 0.15) is 25.0 Å². The second-order valence-corrected chi connectivity index (χ2v) is 11.3. The van der Waals surface area contributed by atoms with Gasteiger partial charge in [-0.1, -0.05) is 44.2 Å². The highest BCUT2D eigenvalue weighted by atomic mass is 32.2. The van der Waals surface area contributed by atoms with Crippen molar-refractivity contribution in [2.45, 2.75) is 20.8 Å². The lowest BCUT2D eigenvalue weighted by Crippen LogP contribution is -2.46. The number of hydrogen-bond acceptors (Lipinski definition) is 8. The van der Waals surface area contributed by atoms with Gasteiger partial charge < -0.3 is 9.47 Å². The molecule has 36 heavy (non-hydrogen) atoms. The summed E-state index contributed by atoms with van der Waals surface area (Å²) in [4.78, 5) is 17.7. The average molecular weight is 527 g/mol. The summed E-state index contributed by atoms with van der Waals surface area (Å²) in [6, 6.07) is 14.7. The number of amidine groups is 3. The Hall–Kier alpha value is -3.44. The first kappa shape index (κ1) is 25.6. The van der Waals surface area contributed by atoms with Crippen molar-refractivity contribution in [3.05, 3.63) is 65.2 Å². The lowest BCUT2D eigenvalue weighted by molar-refractivity contribution is -0.114. The molecule has 2 aliphatic heterocycles. The molecule has 2 aliphatic rings. The number of para-hydroxylation sites is 1. The van der Waals surface area contributed by atoms with Crippen molar-refractivity contribution in [2.24, 2.45) is 15.3 Å². The maximum atomic E-state index is 12.8. The van der Waals surface area contributed by atoms with Crippen molar-refractivity contribution < 1.29 is 22.7 Å². The second kappa shape index (κ2) is 10.7. The number of ether oxygens (including phenoxy) is 2. The van der Waals surface area contributed by atoms with Gasteiger partial charge in [-0.05, 0) is 48.2 Å². The number of rotatable bonds is 8. The summed E-state index contributed by atoms with van der Waals surface area (Å²) in [7, 11) is -3.75. The van der Waals surface area contributed by atoms with Gasteiger partial charge in [-0.3, -0.25) is 10.2 Å². The zero-order valence-corrected chi connectivity index (χ0v) is 21.7. The van der Waals surface area contributed by atoms with Gasteiger partial charge in [0.25, 0.3) is 5.91 Å². The molecule has 188 valence electrons. The zero-order chi connectivity index (χ0) is 25.9. The van der Waals surface area contributed by atoms with E-state index >= 15 is 0 Å². The van der Waals surface area contributed by atoms with Crippen LogP contribution in [0.2, 0.25) is 0 Å². The number of nitrogens with zero attached hydrogens (tertiary/aromatic N) is 3. The highest BCUT2D eigenvalue weighted by Crippen LogP contribution is 2.30. The molecule has 2 aromatic rings. The van der Waals surface area contributed by atoms with Gasteiger partial charge in [-0.15, -0.1) is 0 Å². The second-order valence-electron chi connectivity index (χ2n) is 8.61. The third-order valence-electron chi connectivity index (χ3n) is 5.22. The fourth-order valence-corrected chi connectivity index (χ4v) is 6.30. The molecule has 2 heterocycles. The van der Waals surface area contributed by atoms with Crippen LogP contribution in [0.25, 0.3) is 6.08 Å². The van der Waals surface area contributed by atoms with Gasteiger partial charge >= 0.3 is 0 Å². The van der Waals surface area contributed by atoms with Crippen LogP contribution in [-0.4, -0.2) is 54.4 Å². The molecule has 0 saturated heterocycles. The van der Waals surface area contributed by atoms with Crippen molar-refractivity contribution in [1.82, 2.24) is 4.90 Å². The summed E-state index contributed by atoms with van der Waals surface area (Å²) in [5.41, 5.74) is 1.67. The van der Waals surface area contributed by atoms with Gasteiger partial charge in [0, 0.05) is 0 Å². The topological polar surface area (TPSA) is 121 Å². The molecule has 1 amide bonds. The normalized spacial score (nSPS) is 16.8. The maximum absolute atomic E-state index is 12.8. The van der Waals surface area contributed by atoms with Crippen LogP contribution in [-0.2, 0) is 14.6 Å². The summed E-state index contributed by atoms with van der Waals surface area (Å²) in [6.45, 7) is 6.30. The van der Waals surface area contributed by atoms with E-state index in [9.17, 15) is 13.2 Å². The third kappa shape index (κ3) is 5.68. The fraction of sp³-hybridized carbons (Fsp3) is 0.280. The number of sulfone groups is 1. The van der Waals surface area contributed by atoms with E-state index in [2.05, 4.69) is 9.39 Å². The molecule has 1 N–H and O–H groups in total. The molecule has 0 saturated carbocycles. The third-order valence-corrected chi connectivity index (χ3v) is 7.97. The van der Waals surface area contributed by atoms with Crippen LogP contribution in [0, 0.1) is 18.3 Å². The molecule has 0 spiro atoms. The molecule has 4 rings (SSSR count). The highest BCUT2D eigenvalue weighted by molar-refractivity contribution is 8.16. The van der Waals surface area contributed by atoms with Crippen molar-refractivity contribution in [3.8, 4) is 11.5 Å². The molecule has 2 aromatic carbocycles. The molecular formula is C25H26N4O5S2. The van der Waals surface area contributed by atoms with E-state index in [-0.39, 0.29) is 33.4 Å². The number of amides is 1. The van der Waals surface area contributed by atoms with Gasteiger partial charge in [0.15, 0.2) is 0 Å². The van der Waals surface area contributed by atoms with Crippen LogP contribution in [0.5, 0.6) is 11.5 Å². The van der Waals surface area contributed by atoms with E-state index in [1.165, 1.54) is 6.08 Å². The quantitative estimate of drug-likeness (QED) is 0.312. The van der Waals surface area contributed by atoms with Crippen LogP contribution < -0.4 is 9.47 Å². The standard InChI is InChI=1S/C25H26N4O5S2/c1-16(2)15-36(31,32)25-28-35-24-27-23(30)20(22(26)29(24)25)14-18-8-10-19(11-9-18)33-12-13-34-21-7-5-4-6-17(21)3/h4-11,14,16,26H,12-13,15H2,1-3H3/b20-14-,26-22?. The molecule has 0 unspecified atom stereocenters. The zero-order valence-electron chi connectivity index (χ0n) is 20.1. The van der Waals surface area contributed by atoms with Gasteiger partial charge in [-0.25, -0.2) is 13.3 Å². The predicted molar refractivity (Wildman–Crippen MR) is 142 cm³/mol. The van der Waals surface area contributed by atoms with Crippen LogP contribution in [0.3, 0.4) is 0 Å². The van der Waals surface area contributed by atoms with Gasteiger partial charge in [0.2, 0.25) is 20.2 Å². The molecule has 9 nitrogen and oxygen atoms in total. The number of fused-ring (bicyclic) bond motifs is 1. The van der Waals surface area contributed by atoms with Crippen molar-refractivity contribution in [1.29, 1.82) is 5.41 Å². The summed E-state index contributed by atoms with van der Waals surface area (Å²) < 4.78 is 41.0. The Labute approximate surface area is 214 Å². The smallest absolute Gasteiger partial charge is 0.283 e. The molecule has 0 bridgehead atoms. The first-order valence-corrected chi connectivity index (χ1v) is 13.7. The Morgan fingerprint density at radius 2 is 1.78 bits per heavy atom. The van der Waals surface area contributed by atoms with Crippen LogP contribution >= 0.6 is 11.9 Å². The lowest BCUT2D eigenvalue weighted by atomic mass is 10.1. The van der Waals surface area contributed by atoms with E-state index in [4.69, 9.17) is 14.9 Å². The Bertz CT molecular complexity index is 1380. The first-order valence-electron chi connectivity index (χ1n) is 11.3. The summed E-state index contributed by atoms with van der Waals surface area (Å²) in [5.74, 6) is 0.318. The number of carbonyl (C=O) groups excluding carboxylic acids is 1. The molecular weight excluding hydrogens is 500 g/mol. The molecule has 0 aliphatic carbocycles. The van der Waals surface area contributed by atoms with E-state index in [1.807, 2.05) is 31.2 Å². The number of nitrogens with one attached hydrogen (secondary N) is 1. The van der Waals surface area contributed by atoms with Crippen LogP contribution in [0.15, 0.2) is 63.5 Å². The number of carbonyl (C=O) groups is 1. The molecule has 11 heteroatoms. The van der Waals surface area contributed by atoms with Crippen molar-refractivity contribution >= 4 is 49.9 Å². The van der Waals surface area contributed by atoms with E-state index < -0.39 is 15.7 Å². The minimum atomic E-state index is -3.75. The van der Waals surface area contributed by atoms with E-state index in [1.54, 1.807) is 38.1 Å². The minimum absolute atomic E-state index is 0.0194. The maximum Gasteiger partial charge on any atom is 0.283 e. The molecule has 0 atom stereocenters.